The van der Waals surface area contributed by atoms with E-state index in [1.807, 2.05) is 43.3 Å². The lowest BCUT2D eigenvalue weighted by Crippen LogP contribution is -2.56. The van der Waals surface area contributed by atoms with Crippen LogP contribution in [0.5, 0.6) is 0 Å². The number of nitrogens with zero attached hydrogens (tertiary/aromatic N) is 3. The molecule has 3 aliphatic heterocycles. The van der Waals surface area contributed by atoms with Crippen LogP contribution in [0, 0.1) is 11.8 Å². The molecule has 3 heterocycles. The van der Waals surface area contributed by atoms with E-state index >= 15 is 0 Å². The van der Waals surface area contributed by atoms with Crippen LogP contribution < -0.4 is 4.90 Å². The number of aliphatic hydroxyl groups is 1. The maximum atomic E-state index is 14.8. The van der Waals surface area contributed by atoms with Crippen molar-refractivity contribution in [2.45, 2.75) is 69.2 Å². The molecule has 8 nitrogen and oxygen atoms in total. The molecule has 0 saturated carbocycles. The van der Waals surface area contributed by atoms with Crippen LogP contribution >= 0.6 is 11.6 Å². The van der Waals surface area contributed by atoms with Crippen molar-refractivity contribution in [2.75, 3.05) is 31.1 Å². The average molecular weight is 634 g/mol. The summed E-state index contributed by atoms with van der Waals surface area (Å²) in [4.78, 5) is 48.9. The summed E-state index contributed by atoms with van der Waals surface area (Å²) in [5.41, 5.74) is -0.536. The van der Waals surface area contributed by atoms with Gasteiger partial charge in [-0.15, -0.1) is 13.2 Å². The third-order valence-corrected chi connectivity index (χ3v) is 10.0. The van der Waals surface area contributed by atoms with Crippen molar-refractivity contribution in [3.63, 3.8) is 0 Å². The number of para-hydroxylation sites is 1. The van der Waals surface area contributed by atoms with Gasteiger partial charge in [-0.2, -0.15) is 0 Å². The molecule has 1 spiro atoms. The zero-order chi connectivity index (χ0) is 32.2. The highest BCUT2D eigenvalue weighted by molar-refractivity contribution is 6.34. The summed E-state index contributed by atoms with van der Waals surface area (Å²) in [6.45, 7) is 11.0. The lowest BCUT2D eigenvalue weighted by Gasteiger charge is -2.37. The van der Waals surface area contributed by atoms with Gasteiger partial charge in [0.1, 0.15) is 11.6 Å². The number of carbonyl (C=O) groups excluding carboxylic acids is 3. The Morgan fingerprint density at radius 2 is 1.69 bits per heavy atom. The van der Waals surface area contributed by atoms with Crippen LogP contribution in [0.3, 0.4) is 0 Å². The van der Waals surface area contributed by atoms with E-state index in [4.69, 9.17) is 16.3 Å². The second kappa shape index (κ2) is 13.9. The van der Waals surface area contributed by atoms with E-state index in [0.717, 1.165) is 18.4 Å². The second-order valence-corrected chi connectivity index (χ2v) is 13.0. The van der Waals surface area contributed by atoms with Crippen molar-refractivity contribution >= 4 is 35.0 Å². The minimum Gasteiger partial charge on any atom is -0.396 e. The van der Waals surface area contributed by atoms with E-state index in [2.05, 4.69) is 13.2 Å². The number of carbonyl (C=O) groups is 3. The summed E-state index contributed by atoms with van der Waals surface area (Å²) in [7, 11) is 0. The largest absolute Gasteiger partial charge is 0.396 e. The van der Waals surface area contributed by atoms with Crippen LogP contribution in [-0.4, -0.2) is 76.1 Å². The predicted octanol–water partition coefficient (Wildman–Crippen LogP) is 5.39. The number of aliphatic hydroxyl groups excluding tert-OH is 1. The lowest BCUT2D eigenvalue weighted by atomic mass is 9.66. The monoisotopic (exact) mass is 633 g/mol. The standard InChI is InChI=1S/C36H44ClN3O5/c1-4-21-38(25-26-15-9-8-10-16-26)32(42)29-30-33(43)40(23-13-6-7-14-24-41)31(36(30)20-19-35(29,3)45-36)34(44)39(22-5-2)28-18-12-11-17-27(28)37/h4-5,8-12,15-18,29-31,41H,1-2,6-7,13-14,19-25H2,3H3/t29-,30-,31?,35+,36?/m0/s1. The van der Waals surface area contributed by atoms with Gasteiger partial charge in [0.25, 0.3) is 5.91 Å². The molecule has 2 bridgehead atoms. The minimum atomic E-state index is -1.15. The SMILES string of the molecule is C=CCN(Cc1ccccc1)C(=O)[C@@H]1[C@H]2C(=O)N(CCCCCCO)C(C(=O)N(CC=C)c3ccccc3Cl)C23CC[C@@]1(C)O3. The Hall–Kier alpha value is -3.46. The summed E-state index contributed by atoms with van der Waals surface area (Å²) in [6, 6.07) is 16.0. The third-order valence-electron chi connectivity index (χ3n) is 9.68. The normalized spacial score (nSPS) is 26.5. The van der Waals surface area contributed by atoms with Crippen molar-refractivity contribution in [3.05, 3.63) is 90.5 Å². The molecule has 2 aromatic carbocycles. The second-order valence-electron chi connectivity index (χ2n) is 12.6. The number of likely N-dealkylation sites (tertiary alicyclic amines) is 1. The van der Waals surface area contributed by atoms with Gasteiger partial charge in [0.15, 0.2) is 0 Å². The Morgan fingerprint density at radius 1 is 1.00 bits per heavy atom. The van der Waals surface area contributed by atoms with Crippen molar-refractivity contribution in [1.82, 2.24) is 9.80 Å². The molecular weight excluding hydrogens is 590 g/mol. The molecule has 0 aromatic heterocycles. The van der Waals surface area contributed by atoms with Gasteiger partial charge >= 0.3 is 0 Å². The first-order chi connectivity index (χ1) is 21.7. The summed E-state index contributed by atoms with van der Waals surface area (Å²) in [5, 5.41) is 9.66. The van der Waals surface area contributed by atoms with Crippen molar-refractivity contribution in [1.29, 1.82) is 0 Å². The van der Waals surface area contributed by atoms with E-state index < -0.39 is 29.1 Å². The van der Waals surface area contributed by atoms with Crippen LogP contribution in [-0.2, 0) is 25.7 Å². The lowest BCUT2D eigenvalue weighted by molar-refractivity contribution is -0.150. The molecule has 3 fully saturated rings. The van der Waals surface area contributed by atoms with Gasteiger partial charge in [-0.1, -0.05) is 79.1 Å². The number of amides is 3. The van der Waals surface area contributed by atoms with Gasteiger partial charge in [-0.3, -0.25) is 14.4 Å². The fourth-order valence-electron chi connectivity index (χ4n) is 7.71. The number of ether oxygens (including phenoxy) is 1. The third kappa shape index (κ3) is 6.08. The maximum absolute atomic E-state index is 14.8. The Morgan fingerprint density at radius 3 is 2.38 bits per heavy atom. The fourth-order valence-corrected chi connectivity index (χ4v) is 7.95. The summed E-state index contributed by atoms with van der Waals surface area (Å²) < 4.78 is 6.88. The summed E-state index contributed by atoms with van der Waals surface area (Å²) in [6.07, 6.45) is 7.36. The molecule has 5 atom stereocenters. The Balaban J connectivity index is 1.53. The predicted molar refractivity (Wildman–Crippen MR) is 176 cm³/mol. The highest BCUT2D eigenvalue weighted by atomic mass is 35.5. The molecule has 0 aliphatic carbocycles. The van der Waals surface area contributed by atoms with E-state index in [1.165, 1.54) is 0 Å². The molecule has 1 N–H and O–H groups in total. The summed E-state index contributed by atoms with van der Waals surface area (Å²) >= 11 is 6.59. The average Bonchev–Trinajstić information content (AvgIpc) is 3.60. The highest BCUT2D eigenvalue weighted by Crippen LogP contribution is 2.63. The smallest absolute Gasteiger partial charge is 0.253 e. The van der Waals surface area contributed by atoms with Gasteiger partial charge in [0.2, 0.25) is 11.8 Å². The van der Waals surface area contributed by atoms with Gasteiger partial charge in [-0.05, 0) is 50.3 Å². The van der Waals surface area contributed by atoms with Crippen LogP contribution in [0.25, 0.3) is 0 Å². The molecule has 2 aromatic rings. The molecule has 0 radical (unpaired) electrons. The first-order valence-electron chi connectivity index (χ1n) is 15.9. The number of benzene rings is 2. The molecular formula is C36H44ClN3O5. The van der Waals surface area contributed by atoms with Crippen molar-refractivity contribution in [2.24, 2.45) is 11.8 Å². The number of fused-ring (bicyclic) bond motifs is 1. The molecule has 240 valence electrons. The topological polar surface area (TPSA) is 90.4 Å². The molecule has 3 saturated heterocycles. The van der Waals surface area contributed by atoms with Gasteiger partial charge in [0.05, 0.1) is 28.1 Å². The first-order valence-corrected chi connectivity index (χ1v) is 16.3. The first kappa shape index (κ1) is 32.9. The molecule has 9 heteroatoms. The molecule has 45 heavy (non-hydrogen) atoms. The van der Waals surface area contributed by atoms with E-state index in [0.29, 0.717) is 56.0 Å². The van der Waals surface area contributed by atoms with Crippen molar-refractivity contribution < 1.29 is 24.2 Å². The van der Waals surface area contributed by atoms with Crippen molar-refractivity contribution in [3.8, 4) is 0 Å². The molecule has 3 amide bonds. The molecule has 5 rings (SSSR count). The number of hydrogen-bond donors (Lipinski definition) is 1. The molecule has 3 aliphatic rings. The Labute approximate surface area is 271 Å². The zero-order valence-corrected chi connectivity index (χ0v) is 26.8. The fraction of sp³-hybridized carbons (Fsp3) is 0.472. The minimum absolute atomic E-state index is 0.115. The number of hydrogen-bond acceptors (Lipinski definition) is 5. The number of rotatable bonds is 15. The molecule has 2 unspecified atom stereocenters. The van der Waals surface area contributed by atoms with Gasteiger partial charge in [-0.25, -0.2) is 0 Å². The van der Waals surface area contributed by atoms with Crippen LogP contribution in [0.4, 0.5) is 5.69 Å². The maximum Gasteiger partial charge on any atom is 0.253 e. The number of halogens is 1. The Kier molecular flexibility index (Phi) is 10.2. The van der Waals surface area contributed by atoms with Crippen LogP contribution in [0.1, 0.15) is 51.0 Å². The highest BCUT2D eigenvalue weighted by Gasteiger charge is 2.78. The quantitative estimate of drug-likeness (QED) is 0.210. The number of anilines is 1. The van der Waals surface area contributed by atoms with Gasteiger partial charge in [0, 0.05) is 32.8 Å². The van der Waals surface area contributed by atoms with Crippen LogP contribution in [0.2, 0.25) is 5.02 Å². The summed E-state index contributed by atoms with van der Waals surface area (Å²) in [5.74, 6) is -2.21. The zero-order valence-electron chi connectivity index (χ0n) is 26.1. The van der Waals surface area contributed by atoms with E-state index in [-0.39, 0.29) is 30.9 Å². The van der Waals surface area contributed by atoms with E-state index in [1.54, 1.807) is 45.1 Å². The van der Waals surface area contributed by atoms with E-state index in [9.17, 15) is 19.5 Å². The van der Waals surface area contributed by atoms with Crippen LogP contribution in [0.15, 0.2) is 79.9 Å². The Bertz CT molecular complexity index is 1420. The van der Waals surface area contributed by atoms with Gasteiger partial charge < -0.3 is 24.5 Å². The number of unbranched alkanes of at least 4 members (excludes halogenated alkanes) is 3.